The van der Waals surface area contributed by atoms with Gasteiger partial charge in [-0.3, -0.25) is 14.5 Å². The number of nitrogens with zero attached hydrogens (tertiary/aromatic N) is 1. The second-order valence-corrected chi connectivity index (χ2v) is 6.21. The number of imidazole rings is 1. The fourth-order valence-electron chi connectivity index (χ4n) is 3.17. The van der Waals surface area contributed by atoms with Crippen molar-refractivity contribution in [1.29, 1.82) is 0 Å². The summed E-state index contributed by atoms with van der Waals surface area (Å²) in [7, 11) is 0. The number of hydrogen-bond acceptors (Lipinski definition) is 5. The van der Waals surface area contributed by atoms with Crippen LogP contribution in [0.25, 0.3) is 11.0 Å². The lowest BCUT2D eigenvalue weighted by Gasteiger charge is -2.30. The molecular formula is C17H22N4O4. The summed E-state index contributed by atoms with van der Waals surface area (Å²) in [4.78, 5) is 42.7. The van der Waals surface area contributed by atoms with Crippen molar-refractivity contribution in [3.63, 3.8) is 0 Å². The largest absolute Gasteiger partial charge is 0.466 e. The zero-order valence-electron chi connectivity index (χ0n) is 14.1. The van der Waals surface area contributed by atoms with Gasteiger partial charge in [-0.05, 0) is 44.5 Å². The van der Waals surface area contributed by atoms with Gasteiger partial charge in [0.2, 0.25) is 5.91 Å². The molecule has 1 saturated heterocycles. The van der Waals surface area contributed by atoms with Crippen LogP contribution in [-0.4, -0.2) is 53.0 Å². The number of anilines is 1. The van der Waals surface area contributed by atoms with Crippen molar-refractivity contribution in [1.82, 2.24) is 14.9 Å². The number of carbonyl (C=O) groups is 2. The van der Waals surface area contributed by atoms with Gasteiger partial charge in [0, 0.05) is 12.2 Å². The van der Waals surface area contributed by atoms with Crippen molar-refractivity contribution in [2.75, 3.05) is 31.6 Å². The number of hydrogen-bond donors (Lipinski definition) is 3. The summed E-state index contributed by atoms with van der Waals surface area (Å²) in [6, 6.07) is 5.19. The van der Waals surface area contributed by atoms with Crippen LogP contribution in [0.15, 0.2) is 23.0 Å². The molecule has 0 radical (unpaired) electrons. The van der Waals surface area contributed by atoms with Gasteiger partial charge in [-0.1, -0.05) is 0 Å². The van der Waals surface area contributed by atoms with Gasteiger partial charge in [0.15, 0.2) is 0 Å². The number of aromatic amines is 2. The molecule has 3 N–H and O–H groups in total. The Hall–Kier alpha value is -2.61. The van der Waals surface area contributed by atoms with E-state index < -0.39 is 0 Å². The number of fused-ring (bicyclic) bond motifs is 1. The Bertz CT molecular complexity index is 825. The molecule has 1 aliphatic rings. The molecule has 134 valence electrons. The lowest BCUT2D eigenvalue weighted by molar-refractivity contribution is -0.150. The molecule has 1 fully saturated rings. The highest BCUT2D eigenvalue weighted by atomic mass is 16.5. The van der Waals surface area contributed by atoms with Gasteiger partial charge in [0.05, 0.1) is 30.1 Å². The van der Waals surface area contributed by atoms with E-state index in [9.17, 15) is 14.4 Å². The van der Waals surface area contributed by atoms with Crippen LogP contribution in [0.2, 0.25) is 0 Å². The number of ether oxygens (including phenoxy) is 1. The van der Waals surface area contributed by atoms with Crippen LogP contribution in [0.5, 0.6) is 0 Å². The lowest BCUT2D eigenvalue weighted by atomic mass is 9.98. The Morgan fingerprint density at radius 3 is 2.92 bits per heavy atom. The second-order valence-electron chi connectivity index (χ2n) is 6.21. The molecule has 1 aliphatic heterocycles. The van der Waals surface area contributed by atoms with Crippen LogP contribution < -0.4 is 11.0 Å². The highest BCUT2D eigenvalue weighted by Gasteiger charge is 2.27. The van der Waals surface area contributed by atoms with Gasteiger partial charge in [-0.25, -0.2) is 4.79 Å². The molecule has 1 unspecified atom stereocenters. The fraction of sp³-hybridized carbons (Fsp3) is 0.471. The van der Waals surface area contributed by atoms with Crippen LogP contribution in [0.1, 0.15) is 19.8 Å². The number of likely N-dealkylation sites (tertiary alicyclic amines) is 1. The van der Waals surface area contributed by atoms with E-state index in [1.54, 1.807) is 25.1 Å². The standard InChI is InChI=1S/C17H22N4O4/c1-2-25-16(23)11-4-3-7-21(9-11)10-15(22)18-12-5-6-13-14(8-12)20-17(24)19-13/h5-6,8,11H,2-4,7,9-10H2,1H3,(H,18,22)(H2,19,20,24). The zero-order valence-corrected chi connectivity index (χ0v) is 14.1. The van der Waals surface area contributed by atoms with E-state index in [-0.39, 0.29) is 30.0 Å². The van der Waals surface area contributed by atoms with Crippen LogP contribution in [0.4, 0.5) is 5.69 Å². The molecule has 1 atom stereocenters. The molecule has 0 spiro atoms. The highest BCUT2D eigenvalue weighted by molar-refractivity contribution is 5.94. The van der Waals surface area contributed by atoms with E-state index in [0.29, 0.717) is 29.9 Å². The predicted molar refractivity (Wildman–Crippen MR) is 93.3 cm³/mol. The van der Waals surface area contributed by atoms with Gasteiger partial charge in [0.25, 0.3) is 0 Å². The summed E-state index contributed by atoms with van der Waals surface area (Å²) in [5, 5.41) is 2.83. The molecule has 25 heavy (non-hydrogen) atoms. The minimum Gasteiger partial charge on any atom is -0.466 e. The number of esters is 1. The molecule has 2 heterocycles. The number of rotatable bonds is 5. The van der Waals surface area contributed by atoms with E-state index in [1.165, 1.54) is 0 Å². The molecule has 8 nitrogen and oxygen atoms in total. The Kier molecular flexibility index (Phi) is 5.18. The van der Waals surface area contributed by atoms with Crippen LogP contribution in [0.3, 0.4) is 0 Å². The number of H-pyrrole nitrogens is 2. The van der Waals surface area contributed by atoms with Crippen molar-refractivity contribution in [2.24, 2.45) is 5.92 Å². The van der Waals surface area contributed by atoms with Crippen LogP contribution in [-0.2, 0) is 14.3 Å². The summed E-state index contributed by atoms with van der Waals surface area (Å²) < 4.78 is 5.08. The van der Waals surface area contributed by atoms with Crippen LogP contribution in [0, 0.1) is 5.92 Å². The maximum Gasteiger partial charge on any atom is 0.323 e. The first-order chi connectivity index (χ1) is 12.0. The van der Waals surface area contributed by atoms with Crippen molar-refractivity contribution >= 4 is 28.6 Å². The maximum atomic E-state index is 12.3. The fourth-order valence-corrected chi connectivity index (χ4v) is 3.17. The highest BCUT2D eigenvalue weighted by Crippen LogP contribution is 2.18. The third kappa shape index (κ3) is 4.27. The second kappa shape index (κ2) is 7.52. The minimum absolute atomic E-state index is 0.151. The number of carbonyl (C=O) groups excluding carboxylic acids is 2. The lowest BCUT2D eigenvalue weighted by Crippen LogP contribution is -2.43. The van der Waals surface area contributed by atoms with Gasteiger partial charge >= 0.3 is 11.7 Å². The van der Waals surface area contributed by atoms with Gasteiger partial charge < -0.3 is 20.0 Å². The molecule has 1 aromatic carbocycles. The van der Waals surface area contributed by atoms with Crippen LogP contribution >= 0.6 is 0 Å². The summed E-state index contributed by atoms with van der Waals surface area (Å²) in [5.41, 5.74) is 1.67. The molecule has 8 heteroatoms. The Morgan fingerprint density at radius 2 is 2.12 bits per heavy atom. The van der Waals surface area contributed by atoms with Crippen molar-refractivity contribution in [2.45, 2.75) is 19.8 Å². The number of aromatic nitrogens is 2. The van der Waals surface area contributed by atoms with Gasteiger partial charge in [0.1, 0.15) is 0 Å². The number of piperidine rings is 1. The summed E-state index contributed by atoms with van der Waals surface area (Å²) in [6.07, 6.45) is 1.67. The smallest absolute Gasteiger partial charge is 0.323 e. The molecule has 1 aromatic heterocycles. The molecular weight excluding hydrogens is 324 g/mol. The summed E-state index contributed by atoms with van der Waals surface area (Å²) in [5.74, 6) is -0.501. The van der Waals surface area contributed by atoms with Crippen molar-refractivity contribution in [3.05, 3.63) is 28.7 Å². The minimum atomic E-state index is -0.281. The zero-order chi connectivity index (χ0) is 17.8. The van der Waals surface area contributed by atoms with Gasteiger partial charge in [-0.2, -0.15) is 0 Å². The van der Waals surface area contributed by atoms with E-state index in [2.05, 4.69) is 15.3 Å². The maximum absolute atomic E-state index is 12.3. The first kappa shape index (κ1) is 17.2. The molecule has 2 aromatic rings. The topological polar surface area (TPSA) is 107 Å². The first-order valence-corrected chi connectivity index (χ1v) is 8.46. The van der Waals surface area contributed by atoms with E-state index >= 15 is 0 Å². The molecule has 1 amide bonds. The summed E-state index contributed by atoms with van der Waals surface area (Å²) in [6.45, 7) is 3.71. The number of nitrogens with one attached hydrogen (secondary N) is 3. The first-order valence-electron chi connectivity index (χ1n) is 8.46. The SMILES string of the molecule is CCOC(=O)C1CCCN(CC(=O)Nc2ccc3[nH]c(=O)[nH]c3c2)C1. The number of benzene rings is 1. The van der Waals surface area contributed by atoms with E-state index in [0.717, 1.165) is 19.4 Å². The molecule has 0 bridgehead atoms. The molecule has 3 rings (SSSR count). The van der Waals surface area contributed by atoms with Crippen molar-refractivity contribution in [3.8, 4) is 0 Å². The Morgan fingerprint density at radius 1 is 1.32 bits per heavy atom. The third-order valence-corrected chi connectivity index (χ3v) is 4.29. The normalized spacial score (nSPS) is 18.2. The van der Waals surface area contributed by atoms with E-state index in [4.69, 9.17) is 4.74 Å². The van der Waals surface area contributed by atoms with Crippen molar-refractivity contribution < 1.29 is 14.3 Å². The third-order valence-electron chi connectivity index (χ3n) is 4.29. The molecule has 0 saturated carbocycles. The summed E-state index contributed by atoms with van der Waals surface area (Å²) >= 11 is 0. The average molecular weight is 346 g/mol. The average Bonchev–Trinajstić information content (AvgIpc) is 2.94. The van der Waals surface area contributed by atoms with Gasteiger partial charge in [-0.15, -0.1) is 0 Å². The Labute approximate surface area is 144 Å². The monoisotopic (exact) mass is 346 g/mol. The Balaban J connectivity index is 1.57. The predicted octanol–water partition coefficient (Wildman–Crippen LogP) is 1.07. The molecule has 0 aliphatic carbocycles. The quantitative estimate of drug-likeness (QED) is 0.702. The van der Waals surface area contributed by atoms with E-state index in [1.807, 2.05) is 4.90 Å². The number of amides is 1.